The number of nitrogens with zero attached hydrogens (tertiary/aromatic N) is 2. The van der Waals surface area contributed by atoms with Gasteiger partial charge in [0.1, 0.15) is 0 Å². The Kier molecular flexibility index (Phi) is 5.15. The van der Waals surface area contributed by atoms with Gasteiger partial charge in [-0.2, -0.15) is 0 Å². The van der Waals surface area contributed by atoms with E-state index in [0.29, 0.717) is 4.90 Å². The van der Waals surface area contributed by atoms with Crippen molar-refractivity contribution in [3.05, 3.63) is 95.4 Å². The minimum absolute atomic E-state index is 0.0540. The number of aliphatic hydroxyl groups is 1. The predicted molar refractivity (Wildman–Crippen MR) is 94.1 cm³/mol. The zero-order chi connectivity index (χ0) is 18.5. The number of hydrogen-bond acceptors (Lipinski definition) is 4. The fourth-order valence-electron chi connectivity index (χ4n) is 2.45. The average molecular weight is 350 g/mol. The van der Waals surface area contributed by atoms with Crippen molar-refractivity contribution in [1.82, 2.24) is 4.98 Å². The van der Waals surface area contributed by atoms with E-state index in [4.69, 9.17) is 0 Å². The molecule has 0 saturated carbocycles. The summed E-state index contributed by atoms with van der Waals surface area (Å²) in [5.41, 5.74) is 0.376. The lowest BCUT2D eigenvalue weighted by molar-refractivity contribution is 0.0894. The molecule has 1 heterocycles. The first-order valence-corrected chi connectivity index (χ1v) is 7.86. The highest BCUT2D eigenvalue weighted by Crippen LogP contribution is 2.23. The Morgan fingerprint density at radius 3 is 1.85 bits per heavy atom. The highest BCUT2D eigenvalue weighted by Gasteiger charge is 2.30. The smallest absolute Gasteiger partial charge is 0.266 e. The zero-order valence-corrected chi connectivity index (χ0v) is 13.7. The first kappa shape index (κ1) is 17.4. The van der Waals surface area contributed by atoms with Crippen molar-refractivity contribution in [3.63, 3.8) is 0 Å². The third-order valence-electron chi connectivity index (χ3n) is 3.78. The van der Waals surface area contributed by atoms with Gasteiger partial charge in [-0.3, -0.25) is 9.59 Å². The van der Waals surface area contributed by atoms with Gasteiger partial charge in [-0.25, -0.2) is 14.3 Å². The van der Waals surface area contributed by atoms with Crippen molar-refractivity contribution in [2.45, 2.75) is 6.61 Å². The molecule has 0 aliphatic carbocycles. The number of aromatic nitrogens is 1. The summed E-state index contributed by atoms with van der Waals surface area (Å²) in [4.78, 5) is 30.5. The Balaban J connectivity index is 2.14. The van der Waals surface area contributed by atoms with E-state index in [1.165, 1.54) is 36.5 Å². The van der Waals surface area contributed by atoms with Gasteiger partial charge in [0.05, 0.1) is 6.61 Å². The summed E-state index contributed by atoms with van der Waals surface area (Å²) in [5.74, 6) is -2.77. The summed E-state index contributed by atoms with van der Waals surface area (Å²) in [5, 5.41) is 9.28. The van der Waals surface area contributed by atoms with E-state index in [2.05, 4.69) is 4.98 Å². The average Bonchev–Trinajstić information content (AvgIpc) is 2.70. The molecule has 0 aliphatic rings. The minimum Gasteiger partial charge on any atom is -0.392 e. The van der Waals surface area contributed by atoms with E-state index in [1.54, 1.807) is 36.4 Å². The fourth-order valence-corrected chi connectivity index (χ4v) is 2.45. The van der Waals surface area contributed by atoms with Crippen LogP contribution < -0.4 is 4.90 Å². The lowest BCUT2D eigenvalue weighted by Gasteiger charge is -2.21. The molecule has 3 rings (SSSR count). The quantitative estimate of drug-likeness (QED) is 0.734. The van der Waals surface area contributed by atoms with Crippen LogP contribution in [0.1, 0.15) is 26.3 Å². The number of aliphatic hydroxyl groups excluding tert-OH is 1. The number of rotatable bonds is 4. The molecule has 0 aliphatic heterocycles. The lowest BCUT2D eigenvalue weighted by Crippen LogP contribution is -2.38. The molecule has 0 fully saturated rings. The number of halogens is 1. The number of carbonyl (C=O) groups excluding carboxylic acids is 2. The molecule has 0 unspecified atom stereocenters. The highest BCUT2D eigenvalue weighted by atomic mass is 19.1. The second-order valence-electron chi connectivity index (χ2n) is 5.44. The predicted octanol–water partition coefficient (Wildman–Crippen LogP) is 3.20. The molecule has 6 heteroatoms. The van der Waals surface area contributed by atoms with Crippen LogP contribution in [0, 0.1) is 5.82 Å². The van der Waals surface area contributed by atoms with E-state index in [9.17, 15) is 19.1 Å². The van der Waals surface area contributed by atoms with E-state index < -0.39 is 30.1 Å². The normalized spacial score (nSPS) is 10.4. The highest BCUT2D eigenvalue weighted by molar-refractivity contribution is 6.25. The van der Waals surface area contributed by atoms with Crippen LogP contribution in [0.5, 0.6) is 0 Å². The molecular weight excluding hydrogens is 335 g/mol. The van der Waals surface area contributed by atoms with Crippen molar-refractivity contribution >= 4 is 17.6 Å². The summed E-state index contributed by atoms with van der Waals surface area (Å²) in [6, 6.07) is 17.4. The number of anilines is 1. The number of amides is 2. The van der Waals surface area contributed by atoms with Crippen LogP contribution >= 0.6 is 0 Å². The SMILES string of the molecule is O=C(c1ccccc1)N(C(=O)c1ccccc1)c1nccc(CO)c1F. The molecular formula is C20H15FN2O3. The molecule has 1 N–H and O–H groups in total. The third kappa shape index (κ3) is 3.36. The van der Waals surface area contributed by atoms with E-state index in [0.717, 1.165) is 0 Å². The van der Waals surface area contributed by atoms with Gasteiger partial charge in [0.2, 0.25) is 0 Å². The van der Waals surface area contributed by atoms with Gasteiger partial charge in [-0.05, 0) is 30.3 Å². The van der Waals surface area contributed by atoms with Crippen LogP contribution in [0.4, 0.5) is 10.2 Å². The zero-order valence-electron chi connectivity index (χ0n) is 13.7. The molecule has 2 amide bonds. The summed E-state index contributed by atoms with van der Waals surface area (Å²) >= 11 is 0. The van der Waals surface area contributed by atoms with E-state index >= 15 is 0 Å². The van der Waals surface area contributed by atoms with Crippen LogP contribution in [0.2, 0.25) is 0 Å². The van der Waals surface area contributed by atoms with Crippen molar-refractivity contribution < 1.29 is 19.1 Å². The van der Waals surface area contributed by atoms with Crippen LogP contribution in [0.3, 0.4) is 0 Å². The van der Waals surface area contributed by atoms with Gasteiger partial charge in [-0.15, -0.1) is 0 Å². The Hall–Kier alpha value is -3.38. The molecule has 0 bridgehead atoms. The summed E-state index contributed by atoms with van der Waals surface area (Å²) in [6.07, 6.45) is 1.24. The number of imide groups is 1. The topological polar surface area (TPSA) is 70.5 Å². The fraction of sp³-hybridized carbons (Fsp3) is 0.0500. The maximum atomic E-state index is 14.7. The first-order valence-electron chi connectivity index (χ1n) is 7.86. The largest absolute Gasteiger partial charge is 0.392 e. The molecule has 0 spiro atoms. The van der Waals surface area contributed by atoms with Gasteiger partial charge >= 0.3 is 0 Å². The monoisotopic (exact) mass is 350 g/mol. The molecule has 130 valence electrons. The molecule has 0 atom stereocenters. The van der Waals surface area contributed by atoms with Crippen LogP contribution in [0.25, 0.3) is 0 Å². The summed E-state index contributed by atoms with van der Waals surface area (Å²) in [7, 11) is 0. The van der Waals surface area contributed by atoms with Crippen molar-refractivity contribution in [2.24, 2.45) is 0 Å². The molecule has 1 aromatic heterocycles. The van der Waals surface area contributed by atoms with Gasteiger partial charge in [-0.1, -0.05) is 36.4 Å². The minimum atomic E-state index is -0.913. The van der Waals surface area contributed by atoms with Gasteiger partial charge in [0, 0.05) is 22.9 Å². The Morgan fingerprint density at radius 2 is 1.38 bits per heavy atom. The maximum absolute atomic E-state index is 14.7. The second-order valence-corrected chi connectivity index (χ2v) is 5.44. The third-order valence-corrected chi connectivity index (χ3v) is 3.78. The number of benzene rings is 2. The summed E-state index contributed by atoms with van der Waals surface area (Å²) < 4.78 is 14.7. The maximum Gasteiger partial charge on any atom is 0.266 e. The van der Waals surface area contributed by atoms with Crippen molar-refractivity contribution in [3.8, 4) is 0 Å². The van der Waals surface area contributed by atoms with E-state index in [-0.39, 0.29) is 16.7 Å². The summed E-state index contributed by atoms with van der Waals surface area (Å²) in [6.45, 7) is -0.575. The molecule has 0 saturated heterocycles. The number of carbonyl (C=O) groups is 2. The molecule has 26 heavy (non-hydrogen) atoms. The Morgan fingerprint density at radius 1 is 0.885 bits per heavy atom. The Labute approximate surface area is 149 Å². The molecule has 5 nitrogen and oxygen atoms in total. The molecule has 2 aromatic carbocycles. The first-order chi connectivity index (χ1) is 12.6. The lowest BCUT2D eigenvalue weighted by atomic mass is 10.1. The van der Waals surface area contributed by atoms with Crippen molar-refractivity contribution in [2.75, 3.05) is 4.90 Å². The number of hydrogen-bond donors (Lipinski definition) is 1. The molecule has 3 aromatic rings. The van der Waals surface area contributed by atoms with Crippen molar-refractivity contribution in [1.29, 1.82) is 0 Å². The van der Waals surface area contributed by atoms with Gasteiger partial charge in [0.25, 0.3) is 11.8 Å². The van der Waals surface area contributed by atoms with E-state index in [1.807, 2.05) is 0 Å². The van der Waals surface area contributed by atoms with Gasteiger partial charge in [0.15, 0.2) is 11.6 Å². The van der Waals surface area contributed by atoms with Crippen LogP contribution in [-0.2, 0) is 6.61 Å². The Bertz CT molecular complexity index is 879. The standard InChI is InChI=1S/C20H15FN2O3/c21-17-16(13-24)11-12-22-18(17)23(19(25)14-7-3-1-4-8-14)20(26)15-9-5-2-6-10-15/h1-12,24H,13H2. The van der Waals surface area contributed by atoms with Gasteiger partial charge < -0.3 is 5.11 Å². The second kappa shape index (κ2) is 7.67. The number of pyridine rings is 1. The van der Waals surface area contributed by atoms with Crippen LogP contribution in [-0.4, -0.2) is 21.9 Å². The molecule has 0 radical (unpaired) electrons. The van der Waals surface area contributed by atoms with Crippen LogP contribution in [0.15, 0.2) is 72.9 Å².